The minimum Gasteiger partial charge on any atom is -0.294 e. The molecule has 1 aromatic rings. The summed E-state index contributed by atoms with van der Waals surface area (Å²) in [5.74, 6) is 0. The second-order valence-electron chi connectivity index (χ2n) is 6.93. The molecule has 0 saturated heterocycles. The highest BCUT2D eigenvalue weighted by Crippen LogP contribution is 2.58. The predicted molar refractivity (Wildman–Crippen MR) is 79.1 cm³/mol. The molecule has 1 saturated carbocycles. The van der Waals surface area contributed by atoms with Crippen molar-refractivity contribution in [3.8, 4) is 6.07 Å². The summed E-state index contributed by atoms with van der Waals surface area (Å²) < 4.78 is 0. The maximum Gasteiger partial charge on any atom is 0.113 e. The Morgan fingerprint density at radius 1 is 1.32 bits per heavy atom. The molecule has 102 valence electrons. The van der Waals surface area contributed by atoms with Crippen molar-refractivity contribution in [2.45, 2.75) is 51.6 Å². The van der Waals surface area contributed by atoms with E-state index in [-0.39, 0.29) is 11.0 Å². The lowest BCUT2D eigenvalue weighted by Crippen LogP contribution is -2.47. The monoisotopic (exact) mass is 276 g/mol. The summed E-state index contributed by atoms with van der Waals surface area (Å²) in [5.41, 5.74) is 0.793. The summed E-state index contributed by atoms with van der Waals surface area (Å²) in [6, 6.07) is 10.4. The van der Waals surface area contributed by atoms with Crippen LogP contribution in [0.15, 0.2) is 24.3 Å². The fraction of sp³-hybridized carbons (Fsp3) is 0.562. The van der Waals surface area contributed by atoms with E-state index in [0.29, 0.717) is 0 Å². The molecule has 1 N–H and O–H groups in total. The van der Waals surface area contributed by atoms with Gasteiger partial charge in [-0.15, -0.1) is 0 Å². The van der Waals surface area contributed by atoms with Crippen molar-refractivity contribution in [3.63, 3.8) is 0 Å². The topological polar surface area (TPSA) is 35.8 Å². The third-order valence-corrected chi connectivity index (χ3v) is 4.10. The smallest absolute Gasteiger partial charge is 0.113 e. The van der Waals surface area contributed by atoms with E-state index in [1.165, 1.54) is 5.56 Å². The zero-order valence-electron chi connectivity index (χ0n) is 12.0. The summed E-state index contributed by atoms with van der Waals surface area (Å²) in [6.45, 7) is 8.50. The molecule has 1 aromatic carbocycles. The van der Waals surface area contributed by atoms with Crippen molar-refractivity contribution in [1.82, 2.24) is 5.32 Å². The van der Waals surface area contributed by atoms with Gasteiger partial charge in [-0.2, -0.15) is 5.26 Å². The lowest BCUT2D eigenvalue weighted by Gasteiger charge is -2.28. The summed E-state index contributed by atoms with van der Waals surface area (Å²) in [4.78, 5) is 0. The van der Waals surface area contributed by atoms with Crippen LogP contribution in [0.25, 0.3) is 0 Å². The van der Waals surface area contributed by atoms with E-state index in [0.717, 1.165) is 17.9 Å². The molecule has 2 atom stereocenters. The van der Waals surface area contributed by atoms with E-state index in [1.54, 1.807) is 0 Å². The summed E-state index contributed by atoms with van der Waals surface area (Å²) >= 11 is 5.90. The Morgan fingerprint density at radius 2 is 1.89 bits per heavy atom. The van der Waals surface area contributed by atoms with Gasteiger partial charge in [0.25, 0.3) is 0 Å². The van der Waals surface area contributed by atoms with Gasteiger partial charge in [-0.1, -0.05) is 30.7 Å². The molecule has 0 spiro atoms. The van der Waals surface area contributed by atoms with Gasteiger partial charge >= 0.3 is 0 Å². The van der Waals surface area contributed by atoms with Crippen molar-refractivity contribution in [1.29, 1.82) is 5.26 Å². The van der Waals surface area contributed by atoms with Crippen molar-refractivity contribution in [2.24, 2.45) is 5.41 Å². The molecule has 0 radical (unpaired) electrons. The van der Waals surface area contributed by atoms with E-state index < -0.39 is 5.54 Å². The van der Waals surface area contributed by atoms with Crippen molar-refractivity contribution >= 4 is 11.6 Å². The van der Waals surface area contributed by atoms with Crippen LogP contribution >= 0.6 is 11.6 Å². The number of nitrogens with one attached hydrogen (secondary N) is 1. The van der Waals surface area contributed by atoms with Gasteiger partial charge in [0, 0.05) is 16.0 Å². The fourth-order valence-electron chi connectivity index (χ4n) is 2.84. The molecular formula is C16H21ClN2. The lowest BCUT2D eigenvalue weighted by molar-refractivity contribution is 0.334. The van der Waals surface area contributed by atoms with Gasteiger partial charge in [0.1, 0.15) is 5.54 Å². The van der Waals surface area contributed by atoms with E-state index >= 15 is 0 Å². The molecule has 2 rings (SSSR count). The molecule has 19 heavy (non-hydrogen) atoms. The average Bonchev–Trinajstić information content (AvgIpc) is 2.84. The second-order valence-corrected chi connectivity index (χ2v) is 7.37. The summed E-state index contributed by atoms with van der Waals surface area (Å²) in [6.07, 6.45) is 1.80. The van der Waals surface area contributed by atoms with E-state index in [9.17, 15) is 5.26 Å². The lowest BCUT2D eigenvalue weighted by atomic mass is 9.92. The molecule has 1 fully saturated rings. The Balaban J connectivity index is 2.13. The minimum atomic E-state index is -0.398. The maximum absolute atomic E-state index is 9.54. The standard InChI is InChI=1S/C16H21ClN2/c1-14(2,3)19-16(11-18)10-15(16,4)9-12-5-7-13(17)8-6-12/h5-8,19H,9-10H2,1-4H3/t15-,16+/m1/s1. The van der Waals surface area contributed by atoms with Gasteiger partial charge in [0.2, 0.25) is 0 Å². The first-order chi connectivity index (χ1) is 8.70. The molecule has 2 nitrogen and oxygen atoms in total. The van der Waals surface area contributed by atoms with Crippen LogP contribution in [0.4, 0.5) is 0 Å². The predicted octanol–water partition coefficient (Wildman–Crippen LogP) is 3.94. The molecule has 0 amide bonds. The van der Waals surface area contributed by atoms with Gasteiger partial charge < -0.3 is 0 Å². The number of benzene rings is 1. The van der Waals surface area contributed by atoms with Gasteiger partial charge in [-0.25, -0.2) is 0 Å². The number of rotatable bonds is 3. The Morgan fingerprint density at radius 3 is 2.37 bits per heavy atom. The van der Waals surface area contributed by atoms with Crippen molar-refractivity contribution in [2.75, 3.05) is 0 Å². The minimum absolute atomic E-state index is 0.00284. The number of hydrogen-bond acceptors (Lipinski definition) is 2. The Labute approximate surface area is 120 Å². The highest BCUT2D eigenvalue weighted by atomic mass is 35.5. The molecule has 0 bridgehead atoms. The molecule has 1 aliphatic rings. The third kappa shape index (κ3) is 2.94. The number of nitrogens with zero attached hydrogens (tertiary/aromatic N) is 1. The second kappa shape index (κ2) is 4.51. The molecular weight excluding hydrogens is 256 g/mol. The van der Waals surface area contributed by atoms with Gasteiger partial charge in [-0.3, -0.25) is 5.32 Å². The number of nitriles is 1. The first kappa shape index (κ1) is 14.4. The van der Waals surface area contributed by atoms with Crippen LogP contribution in [0, 0.1) is 16.7 Å². The molecule has 3 heteroatoms. The SMILES string of the molecule is CC(C)(C)N[C@]1(C#N)C[C@@]1(C)Cc1ccc(Cl)cc1. The largest absolute Gasteiger partial charge is 0.294 e. The van der Waals surface area contributed by atoms with Crippen LogP contribution < -0.4 is 5.32 Å². The highest BCUT2D eigenvalue weighted by Gasteiger charge is 2.65. The number of halogens is 1. The first-order valence-corrected chi connectivity index (χ1v) is 7.03. The fourth-order valence-corrected chi connectivity index (χ4v) is 2.97. The van der Waals surface area contributed by atoms with E-state index in [4.69, 9.17) is 11.6 Å². The molecule has 0 aromatic heterocycles. The van der Waals surface area contributed by atoms with Gasteiger partial charge in [0.05, 0.1) is 6.07 Å². The average molecular weight is 277 g/mol. The van der Waals surface area contributed by atoms with Crippen molar-refractivity contribution in [3.05, 3.63) is 34.9 Å². The Bertz CT molecular complexity index is 509. The van der Waals surface area contributed by atoms with Crippen LogP contribution in [-0.4, -0.2) is 11.1 Å². The zero-order valence-corrected chi connectivity index (χ0v) is 12.8. The Kier molecular flexibility index (Phi) is 3.41. The summed E-state index contributed by atoms with van der Waals surface area (Å²) in [5, 5.41) is 13.8. The van der Waals surface area contributed by atoms with Gasteiger partial charge in [-0.05, 0) is 51.3 Å². The van der Waals surface area contributed by atoms with Crippen molar-refractivity contribution < 1.29 is 0 Å². The quantitative estimate of drug-likeness (QED) is 0.908. The van der Waals surface area contributed by atoms with E-state index in [2.05, 4.69) is 39.1 Å². The molecule has 0 unspecified atom stereocenters. The molecule has 0 aliphatic heterocycles. The normalized spacial score (nSPS) is 29.9. The van der Waals surface area contributed by atoms with Crippen LogP contribution in [0.5, 0.6) is 0 Å². The van der Waals surface area contributed by atoms with E-state index in [1.807, 2.05) is 24.3 Å². The Hall–Kier alpha value is -1.04. The first-order valence-electron chi connectivity index (χ1n) is 6.65. The van der Waals surface area contributed by atoms with Gasteiger partial charge in [0.15, 0.2) is 0 Å². The highest BCUT2D eigenvalue weighted by molar-refractivity contribution is 6.30. The van der Waals surface area contributed by atoms with Crippen LogP contribution in [0.1, 0.15) is 39.7 Å². The summed E-state index contributed by atoms with van der Waals surface area (Å²) in [7, 11) is 0. The zero-order chi connectivity index (χ0) is 14.3. The maximum atomic E-state index is 9.54. The molecule has 1 aliphatic carbocycles. The third-order valence-electron chi connectivity index (χ3n) is 3.85. The van der Waals surface area contributed by atoms with Crippen LogP contribution in [0.3, 0.4) is 0 Å². The number of hydrogen-bond donors (Lipinski definition) is 1. The van der Waals surface area contributed by atoms with Crippen LogP contribution in [0.2, 0.25) is 5.02 Å². The molecule has 0 heterocycles. The van der Waals surface area contributed by atoms with Crippen LogP contribution in [-0.2, 0) is 6.42 Å².